The van der Waals surface area contributed by atoms with E-state index in [1.165, 1.54) is 0 Å². The average Bonchev–Trinajstić information content (AvgIpc) is 2.10. The van der Waals surface area contributed by atoms with Crippen molar-refractivity contribution in [2.24, 2.45) is 0 Å². The zero-order valence-corrected chi connectivity index (χ0v) is 10.2. The van der Waals surface area contributed by atoms with Crippen molar-refractivity contribution in [1.29, 1.82) is 0 Å². The Morgan fingerprint density at radius 3 is 2.46 bits per heavy atom. The lowest BCUT2D eigenvalue weighted by atomic mass is 10.3. The van der Waals surface area contributed by atoms with Crippen molar-refractivity contribution in [1.82, 2.24) is 0 Å². The van der Waals surface area contributed by atoms with Gasteiger partial charge >= 0.3 is 0 Å². The molecule has 1 aromatic carbocycles. The van der Waals surface area contributed by atoms with E-state index in [0.717, 1.165) is 27.6 Å². The molecule has 0 saturated heterocycles. The normalized spacial score (nSPS) is 9.31. The van der Waals surface area contributed by atoms with Crippen molar-refractivity contribution in [2.75, 3.05) is 11.9 Å². The summed E-state index contributed by atoms with van der Waals surface area (Å²) in [6.07, 6.45) is 5.89. The fraction of sp³-hybridized carbons (Fsp3) is 0.200. The van der Waals surface area contributed by atoms with Gasteiger partial charge in [0.1, 0.15) is 0 Å². The van der Waals surface area contributed by atoms with Gasteiger partial charge in [-0.2, -0.15) is 0 Å². The average molecular weight is 303 g/mol. The van der Waals surface area contributed by atoms with Crippen molar-refractivity contribution >= 4 is 37.5 Å². The maximum Gasteiger partial charge on any atom is 0.0629 e. The van der Waals surface area contributed by atoms with Gasteiger partial charge in [0.05, 0.1) is 5.69 Å². The SMILES string of the molecule is C#CCCNc1c(Br)cccc1Br. The highest BCUT2D eigenvalue weighted by Gasteiger charge is 2.01. The van der Waals surface area contributed by atoms with E-state index in [1.54, 1.807) is 0 Å². The molecular weight excluding hydrogens is 294 g/mol. The van der Waals surface area contributed by atoms with E-state index < -0.39 is 0 Å². The fourth-order valence-electron chi connectivity index (χ4n) is 0.926. The van der Waals surface area contributed by atoms with E-state index in [4.69, 9.17) is 6.42 Å². The van der Waals surface area contributed by atoms with Gasteiger partial charge in [-0.15, -0.1) is 12.3 Å². The highest BCUT2D eigenvalue weighted by molar-refractivity contribution is 9.11. The number of rotatable bonds is 3. The van der Waals surface area contributed by atoms with Gasteiger partial charge in [0, 0.05) is 21.9 Å². The molecule has 1 N–H and O–H groups in total. The molecule has 0 unspecified atom stereocenters. The Morgan fingerprint density at radius 2 is 1.92 bits per heavy atom. The number of terminal acetylenes is 1. The lowest BCUT2D eigenvalue weighted by Crippen LogP contribution is -2.01. The number of nitrogens with one attached hydrogen (secondary N) is 1. The molecule has 0 aliphatic rings. The molecule has 1 nitrogen and oxygen atoms in total. The fourth-order valence-corrected chi connectivity index (χ4v) is 2.21. The summed E-state index contributed by atoms with van der Waals surface area (Å²) in [4.78, 5) is 0. The van der Waals surface area contributed by atoms with Crippen molar-refractivity contribution < 1.29 is 0 Å². The summed E-state index contributed by atoms with van der Waals surface area (Å²) in [6.45, 7) is 0.789. The summed E-state index contributed by atoms with van der Waals surface area (Å²) in [5.41, 5.74) is 1.05. The third-order valence-corrected chi connectivity index (χ3v) is 2.86. The van der Waals surface area contributed by atoms with E-state index in [2.05, 4.69) is 43.1 Å². The van der Waals surface area contributed by atoms with Crippen LogP contribution in [-0.4, -0.2) is 6.54 Å². The van der Waals surface area contributed by atoms with Gasteiger partial charge in [-0.1, -0.05) is 6.07 Å². The van der Waals surface area contributed by atoms with E-state index >= 15 is 0 Å². The van der Waals surface area contributed by atoms with Gasteiger partial charge in [-0.3, -0.25) is 0 Å². The van der Waals surface area contributed by atoms with Crippen LogP contribution in [0.15, 0.2) is 27.1 Å². The van der Waals surface area contributed by atoms with Crippen molar-refractivity contribution in [3.63, 3.8) is 0 Å². The van der Waals surface area contributed by atoms with Crippen LogP contribution in [0.25, 0.3) is 0 Å². The summed E-state index contributed by atoms with van der Waals surface area (Å²) in [6, 6.07) is 5.95. The summed E-state index contributed by atoms with van der Waals surface area (Å²) in [7, 11) is 0. The molecule has 0 aromatic heterocycles. The molecule has 0 aliphatic heterocycles. The summed E-state index contributed by atoms with van der Waals surface area (Å²) < 4.78 is 2.08. The van der Waals surface area contributed by atoms with Gasteiger partial charge < -0.3 is 5.32 Å². The molecule has 0 radical (unpaired) electrons. The molecule has 0 spiro atoms. The lowest BCUT2D eigenvalue weighted by molar-refractivity contribution is 1.09. The molecule has 1 aromatic rings. The second-order valence-electron chi connectivity index (χ2n) is 2.48. The predicted octanol–water partition coefficient (Wildman–Crippen LogP) is 3.65. The minimum atomic E-state index is 0.730. The topological polar surface area (TPSA) is 12.0 Å². The molecule has 0 aliphatic carbocycles. The van der Waals surface area contributed by atoms with Crippen LogP contribution in [0.2, 0.25) is 0 Å². The van der Waals surface area contributed by atoms with Crippen LogP contribution >= 0.6 is 31.9 Å². The maximum atomic E-state index is 5.16. The zero-order valence-electron chi connectivity index (χ0n) is 6.98. The summed E-state index contributed by atoms with van der Waals surface area (Å²) in [5.74, 6) is 2.58. The first-order valence-corrected chi connectivity index (χ1v) is 5.45. The Kier molecular flexibility index (Phi) is 4.34. The summed E-state index contributed by atoms with van der Waals surface area (Å²) >= 11 is 6.91. The smallest absolute Gasteiger partial charge is 0.0629 e. The molecule has 68 valence electrons. The first kappa shape index (κ1) is 10.6. The van der Waals surface area contributed by atoms with Gasteiger partial charge in [-0.25, -0.2) is 0 Å². The highest BCUT2D eigenvalue weighted by Crippen LogP contribution is 2.30. The van der Waals surface area contributed by atoms with E-state index in [0.29, 0.717) is 0 Å². The zero-order chi connectivity index (χ0) is 9.68. The van der Waals surface area contributed by atoms with Crippen molar-refractivity contribution in [3.8, 4) is 12.3 Å². The van der Waals surface area contributed by atoms with Crippen LogP contribution in [0, 0.1) is 12.3 Å². The molecule has 13 heavy (non-hydrogen) atoms. The number of para-hydroxylation sites is 1. The van der Waals surface area contributed by atoms with Crippen molar-refractivity contribution in [2.45, 2.75) is 6.42 Å². The van der Waals surface area contributed by atoms with Crippen LogP contribution in [0.5, 0.6) is 0 Å². The third kappa shape index (κ3) is 3.06. The maximum absolute atomic E-state index is 5.16. The number of hydrogen-bond acceptors (Lipinski definition) is 1. The van der Waals surface area contributed by atoms with E-state index in [9.17, 15) is 0 Å². The van der Waals surface area contributed by atoms with E-state index in [1.807, 2.05) is 18.2 Å². The number of hydrogen-bond donors (Lipinski definition) is 1. The Morgan fingerprint density at radius 1 is 1.31 bits per heavy atom. The predicted molar refractivity (Wildman–Crippen MR) is 63.8 cm³/mol. The van der Waals surface area contributed by atoms with E-state index in [-0.39, 0.29) is 0 Å². The summed E-state index contributed by atoms with van der Waals surface area (Å²) in [5, 5.41) is 3.25. The number of benzene rings is 1. The standard InChI is InChI=1S/C10H9Br2N/c1-2-3-7-13-10-8(11)5-4-6-9(10)12/h1,4-6,13H,3,7H2. The Labute approximate surface area is 95.2 Å². The number of halogens is 2. The van der Waals surface area contributed by atoms with Crippen molar-refractivity contribution in [3.05, 3.63) is 27.1 Å². The molecule has 0 bridgehead atoms. The van der Waals surface area contributed by atoms with Gasteiger partial charge in [0.2, 0.25) is 0 Å². The quantitative estimate of drug-likeness (QED) is 0.664. The largest absolute Gasteiger partial charge is 0.382 e. The lowest BCUT2D eigenvalue weighted by Gasteiger charge is -2.08. The Balaban J connectivity index is 2.71. The highest BCUT2D eigenvalue weighted by atomic mass is 79.9. The second kappa shape index (κ2) is 5.31. The Hall–Kier alpha value is -0.460. The van der Waals surface area contributed by atoms with Crippen LogP contribution < -0.4 is 5.32 Å². The van der Waals surface area contributed by atoms with Gasteiger partial charge in [0.25, 0.3) is 0 Å². The minimum absolute atomic E-state index is 0.730. The van der Waals surface area contributed by atoms with Gasteiger partial charge in [0.15, 0.2) is 0 Å². The van der Waals surface area contributed by atoms with Crippen LogP contribution in [0.4, 0.5) is 5.69 Å². The third-order valence-electron chi connectivity index (χ3n) is 1.53. The van der Waals surface area contributed by atoms with Crippen LogP contribution in [-0.2, 0) is 0 Å². The van der Waals surface area contributed by atoms with Crippen LogP contribution in [0.1, 0.15) is 6.42 Å². The molecular formula is C10H9Br2N. The molecule has 1 rings (SSSR count). The molecule has 0 fully saturated rings. The first-order chi connectivity index (χ1) is 6.25. The second-order valence-corrected chi connectivity index (χ2v) is 4.19. The first-order valence-electron chi connectivity index (χ1n) is 3.87. The molecule has 0 atom stereocenters. The molecule has 3 heteroatoms. The minimum Gasteiger partial charge on any atom is -0.382 e. The molecule has 0 amide bonds. The molecule has 0 heterocycles. The molecule has 0 saturated carbocycles. The Bertz CT molecular complexity index is 308. The van der Waals surface area contributed by atoms with Crippen LogP contribution in [0.3, 0.4) is 0 Å². The monoisotopic (exact) mass is 301 g/mol. The number of anilines is 1. The van der Waals surface area contributed by atoms with Gasteiger partial charge in [-0.05, 0) is 44.0 Å².